The van der Waals surface area contributed by atoms with Crippen molar-refractivity contribution >= 4 is 10.8 Å². The van der Waals surface area contributed by atoms with Crippen molar-refractivity contribution in [2.45, 2.75) is 24.7 Å². The van der Waals surface area contributed by atoms with Gasteiger partial charge in [-0.3, -0.25) is 0 Å². The van der Waals surface area contributed by atoms with Crippen LogP contribution in [0, 0.1) is 0 Å². The van der Waals surface area contributed by atoms with Gasteiger partial charge in [0.1, 0.15) is 0 Å². The lowest BCUT2D eigenvalue weighted by Crippen LogP contribution is -2.28. The minimum Gasteiger partial charge on any atom is -0.228 e. The van der Waals surface area contributed by atoms with Gasteiger partial charge in [0.2, 0.25) is 0 Å². The molecular formula is C66H46N2. The smallest absolute Gasteiger partial charge is 0.160 e. The fourth-order valence-electron chi connectivity index (χ4n) is 11.6. The molecule has 0 saturated heterocycles. The van der Waals surface area contributed by atoms with Gasteiger partial charge in [0.15, 0.2) is 5.82 Å². The summed E-state index contributed by atoms with van der Waals surface area (Å²) in [5.74, 6) is 0.712. The second-order valence-electron chi connectivity index (χ2n) is 18.8. The molecule has 2 heteroatoms. The standard InChI is InChI=1S/C66H46N2/c1-65(2)58-31-16-14-29-53(58)55-35-33-47(41-61(55)65)62-42-63(68-64(67-62)43-19-6-3-7-20-43)56-37-36-50(51-27-12-13-28-52(51)56)46-22-18-21-44(39-46)45-34-38-60-57(40-45)54-30-15-17-32-59(54)66(60,48-23-8-4-9-24-48)49-25-10-5-11-26-49/h3-42H,1-2H3. The molecular weight excluding hydrogens is 821 g/mol. The monoisotopic (exact) mass is 866 g/mol. The summed E-state index contributed by atoms with van der Waals surface area (Å²) in [6.45, 7) is 4.66. The van der Waals surface area contributed by atoms with E-state index < -0.39 is 5.41 Å². The van der Waals surface area contributed by atoms with Gasteiger partial charge in [-0.1, -0.05) is 232 Å². The van der Waals surface area contributed by atoms with E-state index in [1.54, 1.807) is 0 Å². The molecule has 13 rings (SSSR count). The number of aromatic nitrogens is 2. The summed E-state index contributed by atoms with van der Waals surface area (Å²) in [4.78, 5) is 10.6. The van der Waals surface area contributed by atoms with Crippen molar-refractivity contribution < 1.29 is 0 Å². The van der Waals surface area contributed by atoms with Crippen LogP contribution in [0.5, 0.6) is 0 Å². The van der Waals surface area contributed by atoms with Crippen LogP contribution in [-0.4, -0.2) is 9.97 Å². The number of hydrogen-bond acceptors (Lipinski definition) is 2. The zero-order valence-corrected chi connectivity index (χ0v) is 38.0. The zero-order valence-electron chi connectivity index (χ0n) is 38.0. The van der Waals surface area contributed by atoms with Crippen LogP contribution in [0.1, 0.15) is 47.2 Å². The first-order chi connectivity index (χ1) is 33.5. The van der Waals surface area contributed by atoms with E-state index in [1.807, 2.05) is 6.07 Å². The Labute approximate surface area is 398 Å². The third-order valence-corrected chi connectivity index (χ3v) is 14.8. The summed E-state index contributed by atoms with van der Waals surface area (Å²) >= 11 is 0. The van der Waals surface area contributed by atoms with Gasteiger partial charge < -0.3 is 0 Å². The molecule has 68 heavy (non-hydrogen) atoms. The molecule has 1 aromatic heterocycles. The van der Waals surface area contributed by atoms with Crippen molar-refractivity contribution in [3.8, 4) is 78.4 Å². The first kappa shape index (κ1) is 39.9. The predicted octanol–water partition coefficient (Wildman–Crippen LogP) is 16.6. The van der Waals surface area contributed by atoms with E-state index in [9.17, 15) is 0 Å². The average molecular weight is 867 g/mol. The van der Waals surface area contributed by atoms with E-state index in [4.69, 9.17) is 9.97 Å². The molecule has 2 aliphatic rings. The minimum atomic E-state index is -0.424. The Balaban J connectivity index is 0.920. The second kappa shape index (κ2) is 15.6. The van der Waals surface area contributed by atoms with Crippen LogP contribution in [0.2, 0.25) is 0 Å². The van der Waals surface area contributed by atoms with E-state index in [-0.39, 0.29) is 5.41 Å². The number of hydrogen-bond donors (Lipinski definition) is 0. The predicted molar refractivity (Wildman–Crippen MR) is 282 cm³/mol. The van der Waals surface area contributed by atoms with Crippen molar-refractivity contribution in [1.29, 1.82) is 0 Å². The lowest BCUT2D eigenvalue weighted by Gasteiger charge is -2.33. The normalized spacial score (nSPS) is 13.7. The molecule has 0 bridgehead atoms. The molecule has 0 radical (unpaired) electrons. The summed E-state index contributed by atoms with van der Waals surface area (Å²) in [6, 6.07) is 88.7. The Kier molecular flexibility index (Phi) is 9.13. The Bertz CT molecular complexity index is 3720. The number of benzene rings is 10. The second-order valence-corrected chi connectivity index (χ2v) is 18.8. The van der Waals surface area contributed by atoms with Crippen molar-refractivity contribution in [3.05, 3.63) is 276 Å². The molecule has 0 aliphatic heterocycles. The van der Waals surface area contributed by atoms with Crippen LogP contribution in [0.4, 0.5) is 0 Å². The zero-order chi connectivity index (χ0) is 45.4. The first-order valence-electron chi connectivity index (χ1n) is 23.6. The van der Waals surface area contributed by atoms with E-state index in [0.29, 0.717) is 5.82 Å². The maximum Gasteiger partial charge on any atom is 0.160 e. The highest BCUT2D eigenvalue weighted by atomic mass is 14.9. The summed E-state index contributed by atoms with van der Waals surface area (Å²) in [5.41, 5.74) is 22.2. The average Bonchev–Trinajstić information content (AvgIpc) is 3.83. The lowest BCUT2D eigenvalue weighted by molar-refractivity contribution is 0.660. The highest BCUT2D eigenvalue weighted by Crippen LogP contribution is 2.57. The van der Waals surface area contributed by atoms with Gasteiger partial charge in [-0.05, 0) is 113 Å². The highest BCUT2D eigenvalue weighted by Gasteiger charge is 2.46. The van der Waals surface area contributed by atoms with Gasteiger partial charge in [-0.15, -0.1) is 0 Å². The van der Waals surface area contributed by atoms with E-state index in [2.05, 4.69) is 250 Å². The number of rotatable bonds is 7. The van der Waals surface area contributed by atoms with Gasteiger partial charge in [-0.2, -0.15) is 0 Å². The highest BCUT2D eigenvalue weighted by molar-refractivity contribution is 6.05. The largest absolute Gasteiger partial charge is 0.228 e. The van der Waals surface area contributed by atoms with Gasteiger partial charge in [0.25, 0.3) is 0 Å². The van der Waals surface area contributed by atoms with Crippen LogP contribution in [0.3, 0.4) is 0 Å². The van der Waals surface area contributed by atoms with Gasteiger partial charge in [-0.25, -0.2) is 9.97 Å². The topological polar surface area (TPSA) is 25.8 Å². The van der Waals surface area contributed by atoms with Crippen molar-refractivity contribution in [1.82, 2.24) is 9.97 Å². The van der Waals surface area contributed by atoms with Crippen molar-refractivity contribution in [2.24, 2.45) is 0 Å². The molecule has 2 nitrogen and oxygen atoms in total. The molecule has 11 aromatic rings. The van der Waals surface area contributed by atoms with E-state index in [0.717, 1.165) is 33.5 Å². The lowest BCUT2D eigenvalue weighted by atomic mass is 9.67. The summed E-state index contributed by atoms with van der Waals surface area (Å²) in [7, 11) is 0. The summed E-state index contributed by atoms with van der Waals surface area (Å²) < 4.78 is 0. The van der Waals surface area contributed by atoms with Crippen molar-refractivity contribution in [3.63, 3.8) is 0 Å². The molecule has 2 aliphatic carbocycles. The molecule has 1 heterocycles. The molecule has 10 aromatic carbocycles. The van der Waals surface area contributed by atoms with Gasteiger partial charge in [0.05, 0.1) is 16.8 Å². The van der Waals surface area contributed by atoms with Crippen LogP contribution in [-0.2, 0) is 10.8 Å². The third-order valence-electron chi connectivity index (χ3n) is 14.8. The fourth-order valence-corrected chi connectivity index (χ4v) is 11.6. The Hall–Kier alpha value is -8.46. The maximum absolute atomic E-state index is 5.32. The molecule has 0 saturated carbocycles. The fraction of sp³-hybridized carbons (Fsp3) is 0.0606. The molecule has 0 atom stereocenters. The molecule has 0 N–H and O–H groups in total. The van der Waals surface area contributed by atoms with E-state index >= 15 is 0 Å². The molecule has 0 spiro atoms. The Morgan fingerprint density at radius 3 is 1.51 bits per heavy atom. The van der Waals surface area contributed by atoms with Crippen LogP contribution in [0.25, 0.3) is 89.2 Å². The number of nitrogens with zero attached hydrogens (tertiary/aromatic N) is 2. The van der Waals surface area contributed by atoms with E-state index in [1.165, 1.54) is 83.3 Å². The summed E-state index contributed by atoms with van der Waals surface area (Å²) in [5, 5.41) is 2.33. The molecule has 320 valence electrons. The maximum atomic E-state index is 5.32. The SMILES string of the molecule is CC1(C)c2ccccc2-c2ccc(-c3cc(-c4ccc(-c5cccc(-c6ccc7c(c6)-c6ccccc6C7(c6ccccc6)c6ccccc6)c5)c5ccccc45)nc(-c4ccccc4)n3)cc21. The quantitative estimate of drug-likeness (QED) is 0.159. The Morgan fingerprint density at radius 2 is 0.779 bits per heavy atom. The first-order valence-corrected chi connectivity index (χ1v) is 23.6. The summed E-state index contributed by atoms with van der Waals surface area (Å²) in [6.07, 6.45) is 0. The minimum absolute atomic E-state index is 0.119. The molecule has 0 unspecified atom stereocenters. The Morgan fingerprint density at radius 1 is 0.279 bits per heavy atom. The van der Waals surface area contributed by atoms with Crippen molar-refractivity contribution in [2.75, 3.05) is 0 Å². The number of fused-ring (bicyclic) bond motifs is 7. The third kappa shape index (κ3) is 6.11. The molecule has 0 amide bonds. The van der Waals surface area contributed by atoms with Crippen LogP contribution < -0.4 is 0 Å². The van der Waals surface area contributed by atoms with Crippen LogP contribution >= 0.6 is 0 Å². The molecule has 0 fully saturated rings. The van der Waals surface area contributed by atoms with Crippen LogP contribution in [0.15, 0.2) is 243 Å². The van der Waals surface area contributed by atoms with Gasteiger partial charge >= 0.3 is 0 Å². The van der Waals surface area contributed by atoms with Gasteiger partial charge in [0, 0.05) is 22.1 Å².